The second-order valence-electron chi connectivity index (χ2n) is 4.68. The molecule has 1 nitrogen and oxygen atoms in total. The van der Waals surface area contributed by atoms with Gasteiger partial charge in [0.15, 0.2) is 5.78 Å². The molecule has 0 aromatic heterocycles. The highest BCUT2D eigenvalue weighted by atomic mass is 16.1. The van der Waals surface area contributed by atoms with Crippen LogP contribution >= 0.6 is 0 Å². The highest BCUT2D eigenvalue weighted by Crippen LogP contribution is 2.29. The molecule has 1 heteroatoms. The van der Waals surface area contributed by atoms with Gasteiger partial charge in [-0.25, -0.2) is 0 Å². The summed E-state index contributed by atoms with van der Waals surface area (Å²) in [5.41, 5.74) is 1.11. The average Bonchev–Trinajstić information content (AvgIpc) is 2.43. The van der Waals surface area contributed by atoms with Gasteiger partial charge in [0.1, 0.15) is 0 Å². The third-order valence-electron chi connectivity index (χ3n) is 3.30. The van der Waals surface area contributed by atoms with E-state index in [1.807, 2.05) is 30.3 Å². The molecule has 0 saturated carbocycles. The lowest BCUT2D eigenvalue weighted by molar-refractivity contribution is -0.112. The Balaban J connectivity index is 2.42. The number of rotatable bonds is 2. The number of hydrogen-bond acceptors (Lipinski definition) is 1. The van der Waals surface area contributed by atoms with Gasteiger partial charge < -0.3 is 0 Å². The molecule has 0 aliphatic rings. The molecule has 0 heterocycles. The maximum atomic E-state index is 11.2. The molecule has 0 aliphatic carbocycles. The molecule has 0 saturated heterocycles. The number of carbonyl (C=O) groups is 1. The number of carbonyl (C=O) groups excluding carboxylic acids is 1. The van der Waals surface area contributed by atoms with E-state index >= 15 is 0 Å². The zero-order valence-corrected chi connectivity index (χ0v) is 10.8. The van der Waals surface area contributed by atoms with Crippen LogP contribution in [0, 0.1) is 0 Å². The van der Waals surface area contributed by atoms with Crippen LogP contribution in [0.3, 0.4) is 0 Å². The van der Waals surface area contributed by atoms with Crippen LogP contribution in [0.25, 0.3) is 27.6 Å². The Morgan fingerprint density at radius 1 is 0.895 bits per heavy atom. The number of ketones is 1. The minimum absolute atomic E-state index is 0.0667. The molecule has 0 unspecified atom stereocenters. The van der Waals surface area contributed by atoms with Crippen molar-refractivity contribution in [3.05, 3.63) is 66.2 Å². The summed E-state index contributed by atoms with van der Waals surface area (Å²) in [5.74, 6) is 0.0667. The lowest BCUT2D eigenvalue weighted by Gasteiger charge is -2.08. The standard InChI is InChI=1S/C18H14O/c1-13(19)10-11-18-16-8-4-2-6-14(16)12-15-7-3-5-9-17(15)18/h2-12H,1H3. The van der Waals surface area contributed by atoms with Gasteiger partial charge in [-0.15, -0.1) is 0 Å². The van der Waals surface area contributed by atoms with Gasteiger partial charge in [-0.3, -0.25) is 4.79 Å². The maximum Gasteiger partial charge on any atom is 0.152 e. The number of hydrogen-bond donors (Lipinski definition) is 0. The topological polar surface area (TPSA) is 17.1 Å². The maximum absolute atomic E-state index is 11.2. The molecule has 0 bridgehead atoms. The predicted molar refractivity (Wildman–Crippen MR) is 81.2 cm³/mol. The zero-order valence-electron chi connectivity index (χ0n) is 10.8. The second kappa shape index (κ2) is 4.69. The first-order chi connectivity index (χ1) is 9.25. The third kappa shape index (κ3) is 2.15. The third-order valence-corrected chi connectivity index (χ3v) is 3.30. The zero-order chi connectivity index (χ0) is 13.2. The molecule has 0 radical (unpaired) electrons. The van der Waals surface area contributed by atoms with Crippen LogP contribution in [0.5, 0.6) is 0 Å². The number of fused-ring (bicyclic) bond motifs is 2. The van der Waals surface area contributed by atoms with Crippen molar-refractivity contribution < 1.29 is 4.79 Å². The Morgan fingerprint density at radius 3 is 1.95 bits per heavy atom. The monoisotopic (exact) mass is 246 g/mol. The molecular weight excluding hydrogens is 232 g/mol. The molecular formula is C18H14O. The smallest absolute Gasteiger partial charge is 0.152 e. The summed E-state index contributed by atoms with van der Waals surface area (Å²) in [4.78, 5) is 11.2. The Morgan fingerprint density at radius 2 is 1.42 bits per heavy atom. The van der Waals surface area contributed by atoms with Crippen molar-refractivity contribution in [2.75, 3.05) is 0 Å². The fourth-order valence-corrected chi connectivity index (χ4v) is 2.43. The number of allylic oxidation sites excluding steroid dienone is 1. The largest absolute Gasteiger partial charge is 0.295 e. The van der Waals surface area contributed by atoms with Crippen LogP contribution in [0.1, 0.15) is 12.5 Å². The second-order valence-corrected chi connectivity index (χ2v) is 4.68. The Bertz CT molecular complexity index is 743. The van der Waals surface area contributed by atoms with Crippen molar-refractivity contribution in [1.29, 1.82) is 0 Å². The summed E-state index contributed by atoms with van der Waals surface area (Å²) in [6, 6.07) is 18.7. The first-order valence-electron chi connectivity index (χ1n) is 6.35. The van der Waals surface area contributed by atoms with Gasteiger partial charge in [0, 0.05) is 0 Å². The Kier molecular flexibility index (Phi) is 2.88. The van der Waals surface area contributed by atoms with Crippen LogP contribution < -0.4 is 0 Å². The quantitative estimate of drug-likeness (QED) is 0.477. The van der Waals surface area contributed by atoms with Crippen LogP contribution in [0.15, 0.2) is 60.7 Å². The lowest BCUT2D eigenvalue weighted by Crippen LogP contribution is -1.85. The van der Waals surface area contributed by atoms with Gasteiger partial charge in [0.2, 0.25) is 0 Å². The van der Waals surface area contributed by atoms with E-state index in [1.165, 1.54) is 21.5 Å². The van der Waals surface area contributed by atoms with E-state index in [4.69, 9.17) is 0 Å². The van der Waals surface area contributed by atoms with Gasteiger partial charge in [-0.2, -0.15) is 0 Å². The van der Waals surface area contributed by atoms with Gasteiger partial charge in [-0.05, 0) is 46.2 Å². The molecule has 92 valence electrons. The minimum atomic E-state index is 0.0667. The van der Waals surface area contributed by atoms with Crippen molar-refractivity contribution in [3.8, 4) is 0 Å². The van der Waals surface area contributed by atoms with Crippen molar-refractivity contribution in [2.24, 2.45) is 0 Å². The van der Waals surface area contributed by atoms with E-state index in [1.54, 1.807) is 13.0 Å². The SMILES string of the molecule is CC(=O)C=Cc1c2ccccc2cc2ccccc12. The average molecular weight is 246 g/mol. The molecule has 3 aromatic rings. The van der Waals surface area contributed by atoms with Crippen molar-refractivity contribution in [3.63, 3.8) is 0 Å². The molecule has 0 amide bonds. The van der Waals surface area contributed by atoms with E-state index in [2.05, 4.69) is 30.3 Å². The fourth-order valence-electron chi connectivity index (χ4n) is 2.43. The lowest BCUT2D eigenvalue weighted by atomic mass is 9.96. The van der Waals surface area contributed by atoms with Gasteiger partial charge in [-0.1, -0.05) is 54.6 Å². The normalized spacial score (nSPS) is 11.4. The predicted octanol–water partition coefficient (Wildman–Crippen LogP) is 4.60. The van der Waals surface area contributed by atoms with E-state index in [-0.39, 0.29) is 5.78 Å². The summed E-state index contributed by atoms with van der Waals surface area (Å²) in [7, 11) is 0. The highest BCUT2D eigenvalue weighted by molar-refractivity contribution is 6.08. The van der Waals surface area contributed by atoms with E-state index < -0.39 is 0 Å². The molecule has 0 spiro atoms. The van der Waals surface area contributed by atoms with Crippen molar-refractivity contribution in [1.82, 2.24) is 0 Å². The molecule has 3 rings (SSSR count). The van der Waals surface area contributed by atoms with Crippen LogP contribution in [0.4, 0.5) is 0 Å². The highest BCUT2D eigenvalue weighted by Gasteiger charge is 2.04. The molecule has 0 fully saturated rings. The van der Waals surface area contributed by atoms with Crippen LogP contribution in [-0.2, 0) is 4.79 Å². The van der Waals surface area contributed by atoms with E-state index in [9.17, 15) is 4.79 Å². The Hall–Kier alpha value is -2.41. The van der Waals surface area contributed by atoms with E-state index in [0.717, 1.165) is 5.56 Å². The fraction of sp³-hybridized carbons (Fsp3) is 0.0556. The summed E-state index contributed by atoms with van der Waals surface area (Å²) >= 11 is 0. The molecule has 0 atom stereocenters. The molecule has 0 N–H and O–H groups in total. The van der Waals surface area contributed by atoms with Gasteiger partial charge >= 0.3 is 0 Å². The first kappa shape index (κ1) is 11.7. The van der Waals surface area contributed by atoms with Crippen LogP contribution in [0.2, 0.25) is 0 Å². The number of benzene rings is 3. The molecule has 3 aromatic carbocycles. The summed E-state index contributed by atoms with van der Waals surface area (Å²) in [6.45, 7) is 1.57. The van der Waals surface area contributed by atoms with Crippen LogP contribution in [-0.4, -0.2) is 5.78 Å². The first-order valence-corrected chi connectivity index (χ1v) is 6.35. The Labute approximate surface area is 112 Å². The van der Waals surface area contributed by atoms with Gasteiger partial charge in [0.05, 0.1) is 0 Å². The van der Waals surface area contributed by atoms with Crippen molar-refractivity contribution in [2.45, 2.75) is 6.92 Å². The van der Waals surface area contributed by atoms with E-state index in [0.29, 0.717) is 0 Å². The summed E-state index contributed by atoms with van der Waals surface area (Å²) in [6.07, 6.45) is 3.56. The summed E-state index contributed by atoms with van der Waals surface area (Å²) < 4.78 is 0. The van der Waals surface area contributed by atoms with Crippen molar-refractivity contribution >= 4 is 33.4 Å². The van der Waals surface area contributed by atoms with Gasteiger partial charge in [0.25, 0.3) is 0 Å². The molecule has 19 heavy (non-hydrogen) atoms. The minimum Gasteiger partial charge on any atom is -0.295 e. The summed E-state index contributed by atoms with van der Waals surface area (Å²) in [5, 5.41) is 4.76. The molecule has 0 aliphatic heterocycles.